The SMILES string of the molecule is CC(C)=C(C(=O)O)c1ccccc1COc1ccc([N+](=O)[O-])cc1F. The van der Waals surface area contributed by atoms with E-state index >= 15 is 0 Å². The molecule has 0 heterocycles. The third-order valence-corrected chi connectivity index (χ3v) is 3.51. The molecule has 0 fully saturated rings. The molecule has 6 nitrogen and oxygen atoms in total. The number of benzene rings is 2. The summed E-state index contributed by atoms with van der Waals surface area (Å²) in [7, 11) is 0. The van der Waals surface area contributed by atoms with Gasteiger partial charge in [-0.2, -0.15) is 0 Å². The number of hydrogen-bond acceptors (Lipinski definition) is 4. The summed E-state index contributed by atoms with van der Waals surface area (Å²) in [4.78, 5) is 21.4. The number of nitrogens with zero attached hydrogens (tertiary/aromatic N) is 1. The standard InChI is InChI=1S/C18H16FNO5/c1-11(2)17(18(21)22)14-6-4-3-5-12(14)10-25-16-8-7-13(20(23)24)9-15(16)19/h3-9H,10H2,1-2H3,(H,21,22). The summed E-state index contributed by atoms with van der Waals surface area (Å²) in [5.41, 5.74) is 1.46. The zero-order chi connectivity index (χ0) is 18.6. The molecule has 2 rings (SSSR count). The Morgan fingerprint density at radius 1 is 1.24 bits per heavy atom. The molecule has 0 spiro atoms. The van der Waals surface area contributed by atoms with Crippen molar-refractivity contribution in [2.75, 3.05) is 0 Å². The van der Waals surface area contributed by atoms with Crippen LogP contribution in [0.4, 0.5) is 10.1 Å². The molecule has 25 heavy (non-hydrogen) atoms. The second-order valence-corrected chi connectivity index (χ2v) is 5.50. The molecule has 2 aromatic carbocycles. The molecule has 0 aliphatic heterocycles. The number of allylic oxidation sites excluding steroid dienone is 1. The number of carboxylic acid groups (broad SMARTS) is 1. The molecule has 0 aliphatic carbocycles. The summed E-state index contributed by atoms with van der Waals surface area (Å²) in [6.07, 6.45) is 0. The van der Waals surface area contributed by atoms with E-state index in [0.717, 1.165) is 12.1 Å². The molecule has 1 N–H and O–H groups in total. The molecule has 0 saturated carbocycles. The van der Waals surface area contributed by atoms with Crippen LogP contribution in [0, 0.1) is 15.9 Å². The van der Waals surface area contributed by atoms with Crippen LogP contribution in [0.5, 0.6) is 5.75 Å². The van der Waals surface area contributed by atoms with Crippen molar-refractivity contribution in [2.45, 2.75) is 20.5 Å². The topological polar surface area (TPSA) is 89.7 Å². The highest BCUT2D eigenvalue weighted by atomic mass is 19.1. The number of non-ortho nitro benzene ring substituents is 1. The fourth-order valence-corrected chi connectivity index (χ4v) is 2.36. The first-order valence-electron chi connectivity index (χ1n) is 7.37. The van der Waals surface area contributed by atoms with Crippen LogP contribution in [0.1, 0.15) is 25.0 Å². The molecule has 0 atom stereocenters. The van der Waals surface area contributed by atoms with Crippen LogP contribution >= 0.6 is 0 Å². The Balaban J connectivity index is 2.30. The highest BCUT2D eigenvalue weighted by molar-refractivity contribution is 6.16. The van der Waals surface area contributed by atoms with Crippen molar-refractivity contribution in [1.29, 1.82) is 0 Å². The molecular weight excluding hydrogens is 329 g/mol. The van der Waals surface area contributed by atoms with E-state index in [1.807, 2.05) is 0 Å². The van der Waals surface area contributed by atoms with Gasteiger partial charge in [-0.05, 0) is 31.0 Å². The monoisotopic (exact) mass is 345 g/mol. The average molecular weight is 345 g/mol. The lowest BCUT2D eigenvalue weighted by Gasteiger charge is -2.13. The zero-order valence-corrected chi connectivity index (χ0v) is 13.7. The van der Waals surface area contributed by atoms with Crippen molar-refractivity contribution in [3.05, 3.63) is 75.1 Å². The van der Waals surface area contributed by atoms with Gasteiger partial charge in [-0.3, -0.25) is 10.1 Å². The van der Waals surface area contributed by atoms with Gasteiger partial charge in [0.15, 0.2) is 11.6 Å². The third-order valence-electron chi connectivity index (χ3n) is 3.51. The van der Waals surface area contributed by atoms with Crippen LogP contribution in [0.15, 0.2) is 48.0 Å². The minimum absolute atomic E-state index is 0.0744. The number of carboxylic acids is 1. The van der Waals surface area contributed by atoms with Crippen LogP contribution in [-0.2, 0) is 11.4 Å². The normalized spacial score (nSPS) is 10.2. The van der Waals surface area contributed by atoms with Gasteiger partial charge < -0.3 is 9.84 Å². The van der Waals surface area contributed by atoms with Gasteiger partial charge in [0, 0.05) is 6.07 Å². The predicted octanol–water partition coefficient (Wildman–Crippen LogP) is 4.19. The van der Waals surface area contributed by atoms with E-state index in [1.165, 1.54) is 6.07 Å². The van der Waals surface area contributed by atoms with Gasteiger partial charge in [0.1, 0.15) is 6.61 Å². The van der Waals surface area contributed by atoms with E-state index in [1.54, 1.807) is 38.1 Å². The lowest BCUT2D eigenvalue weighted by molar-refractivity contribution is -0.385. The Morgan fingerprint density at radius 3 is 2.48 bits per heavy atom. The number of aliphatic carboxylic acids is 1. The van der Waals surface area contributed by atoms with E-state index in [-0.39, 0.29) is 23.6 Å². The number of carbonyl (C=O) groups is 1. The zero-order valence-electron chi connectivity index (χ0n) is 13.7. The fourth-order valence-electron chi connectivity index (χ4n) is 2.36. The van der Waals surface area contributed by atoms with Gasteiger partial charge in [-0.1, -0.05) is 29.8 Å². The molecular formula is C18H16FNO5. The molecule has 7 heteroatoms. The van der Waals surface area contributed by atoms with E-state index in [0.29, 0.717) is 16.7 Å². The van der Waals surface area contributed by atoms with Gasteiger partial charge in [-0.25, -0.2) is 9.18 Å². The number of halogens is 1. The Bertz CT molecular complexity index is 856. The molecule has 130 valence electrons. The van der Waals surface area contributed by atoms with Crippen molar-refractivity contribution in [3.8, 4) is 5.75 Å². The van der Waals surface area contributed by atoms with Crippen molar-refractivity contribution in [2.24, 2.45) is 0 Å². The average Bonchev–Trinajstić information content (AvgIpc) is 2.54. The number of hydrogen-bond donors (Lipinski definition) is 1. The summed E-state index contributed by atoms with van der Waals surface area (Å²) in [6.45, 7) is 3.31. The summed E-state index contributed by atoms with van der Waals surface area (Å²) in [5, 5.41) is 20.0. The maximum Gasteiger partial charge on any atom is 0.336 e. The molecule has 2 aromatic rings. The summed E-state index contributed by atoms with van der Waals surface area (Å²) >= 11 is 0. The van der Waals surface area contributed by atoms with Crippen molar-refractivity contribution < 1.29 is 24.0 Å². The minimum atomic E-state index is -1.06. The van der Waals surface area contributed by atoms with E-state index in [4.69, 9.17) is 4.74 Å². The first-order chi connectivity index (χ1) is 11.8. The van der Waals surface area contributed by atoms with E-state index in [2.05, 4.69) is 0 Å². The van der Waals surface area contributed by atoms with E-state index < -0.39 is 16.7 Å². The molecule has 0 bridgehead atoms. The Morgan fingerprint density at radius 2 is 1.92 bits per heavy atom. The minimum Gasteiger partial charge on any atom is -0.486 e. The summed E-state index contributed by atoms with van der Waals surface area (Å²) in [5.74, 6) is -2.06. The van der Waals surface area contributed by atoms with Crippen LogP contribution in [0.2, 0.25) is 0 Å². The first kappa shape index (κ1) is 18.1. The Labute approximate surface area is 143 Å². The van der Waals surface area contributed by atoms with Crippen molar-refractivity contribution in [3.63, 3.8) is 0 Å². The Hall–Kier alpha value is -3.22. The predicted molar refractivity (Wildman–Crippen MR) is 89.7 cm³/mol. The van der Waals surface area contributed by atoms with Crippen LogP contribution in [-0.4, -0.2) is 16.0 Å². The van der Waals surface area contributed by atoms with Gasteiger partial charge >= 0.3 is 5.97 Å². The molecule has 0 radical (unpaired) electrons. The van der Waals surface area contributed by atoms with Gasteiger partial charge in [-0.15, -0.1) is 0 Å². The maximum atomic E-state index is 13.9. The second-order valence-electron chi connectivity index (χ2n) is 5.50. The quantitative estimate of drug-likeness (QED) is 0.482. The van der Waals surface area contributed by atoms with Crippen molar-refractivity contribution >= 4 is 17.2 Å². The van der Waals surface area contributed by atoms with Gasteiger partial charge in [0.05, 0.1) is 16.6 Å². The highest BCUT2D eigenvalue weighted by Gasteiger charge is 2.17. The first-order valence-corrected chi connectivity index (χ1v) is 7.37. The molecule has 0 aliphatic rings. The number of rotatable bonds is 6. The maximum absolute atomic E-state index is 13.9. The Kier molecular flexibility index (Phi) is 5.49. The third kappa shape index (κ3) is 4.20. The van der Waals surface area contributed by atoms with Gasteiger partial charge in [0.2, 0.25) is 0 Å². The molecule has 0 unspecified atom stereocenters. The second kappa shape index (κ2) is 7.57. The van der Waals surface area contributed by atoms with Crippen LogP contribution in [0.3, 0.4) is 0 Å². The smallest absolute Gasteiger partial charge is 0.336 e. The van der Waals surface area contributed by atoms with Crippen molar-refractivity contribution in [1.82, 2.24) is 0 Å². The lowest BCUT2D eigenvalue weighted by Crippen LogP contribution is -2.07. The molecule has 0 aromatic heterocycles. The fraction of sp³-hybridized carbons (Fsp3) is 0.167. The summed E-state index contributed by atoms with van der Waals surface area (Å²) in [6, 6.07) is 9.86. The summed E-state index contributed by atoms with van der Waals surface area (Å²) < 4.78 is 19.3. The van der Waals surface area contributed by atoms with Crippen LogP contribution in [0.25, 0.3) is 5.57 Å². The van der Waals surface area contributed by atoms with Crippen LogP contribution < -0.4 is 4.74 Å². The number of nitro benzene ring substituents is 1. The molecule has 0 saturated heterocycles. The lowest BCUT2D eigenvalue weighted by atomic mass is 9.97. The number of nitro groups is 1. The highest BCUT2D eigenvalue weighted by Crippen LogP contribution is 2.26. The van der Waals surface area contributed by atoms with Gasteiger partial charge in [0.25, 0.3) is 5.69 Å². The molecule has 0 amide bonds. The largest absolute Gasteiger partial charge is 0.486 e. The number of ether oxygens (including phenoxy) is 1. The van der Waals surface area contributed by atoms with E-state index in [9.17, 15) is 24.4 Å².